The molecule has 0 bridgehead atoms. The van der Waals surface area contributed by atoms with Gasteiger partial charge in [0.25, 0.3) is 0 Å². The van der Waals surface area contributed by atoms with Crippen molar-refractivity contribution in [3.63, 3.8) is 0 Å². The van der Waals surface area contributed by atoms with E-state index in [1.54, 1.807) is 12.1 Å². The van der Waals surface area contributed by atoms with Gasteiger partial charge in [-0.05, 0) is 46.1 Å². The summed E-state index contributed by atoms with van der Waals surface area (Å²) in [6.45, 7) is 1.84. The molecule has 0 aliphatic carbocycles. The average Bonchev–Trinajstić information content (AvgIpc) is 2.11. The highest BCUT2D eigenvalue weighted by atomic mass is 79.9. The normalized spacial score (nSPS) is 11.8. The molecule has 0 saturated heterocycles. The van der Waals surface area contributed by atoms with Crippen molar-refractivity contribution in [3.8, 4) is 0 Å². The number of benzene rings is 1. The molecule has 0 aromatic heterocycles. The number of rotatable bonds is 2. The van der Waals surface area contributed by atoms with E-state index in [4.69, 9.17) is 5.11 Å². The molecule has 0 heterocycles. The first-order valence-corrected chi connectivity index (χ1v) is 4.66. The van der Waals surface area contributed by atoms with Gasteiger partial charge in [0.2, 0.25) is 0 Å². The Morgan fingerprint density at radius 1 is 1.62 bits per heavy atom. The van der Waals surface area contributed by atoms with Gasteiger partial charge >= 0.3 is 0 Å². The summed E-state index contributed by atoms with van der Waals surface area (Å²) in [6.07, 6.45) is 1.81. The SMILES string of the molecule is C/C(=C/c1ccc(F)c(Br)c1)CO. The van der Waals surface area contributed by atoms with Crippen molar-refractivity contribution in [1.29, 1.82) is 0 Å². The highest BCUT2D eigenvalue weighted by molar-refractivity contribution is 9.10. The van der Waals surface area contributed by atoms with Gasteiger partial charge in [-0.2, -0.15) is 0 Å². The molecule has 0 atom stereocenters. The maximum Gasteiger partial charge on any atom is 0.137 e. The van der Waals surface area contributed by atoms with Gasteiger partial charge < -0.3 is 5.11 Å². The van der Waals surface area contributed by atoms with Crippen LogP contribution < -0.4 is 0 Å². The quantitative estimate of drug-likeness (QED) is 0.849. The van der Waals surface area contributed by atoms with Crippen LogP contribution in [-0.2, 0) is 0 Å². The van der Waals surface area contributed by atoms with Gasteiger partial charge in [0.1, 0.15) is 5.82 Å². The molecule has 1 rings (SSSR count). The van der Waals surface area contributed by atoms with Crippen LogP contribution in [0.4, 0.5) is 4.39 Å². The van der Waals surface area contributed by atoms with Crippen LogP contribution >= 0.6 is 15.9 Å². The second-order valence-electron chi connectivity index (χ2n) is 2.82. The Labute approximate surface area is 85.0 Å². The van der Waals surface area contributed by atoms with Crippen molar-refractivity contribution in [2.24, 2.45) is 0 Å². The fourth-order valence-corrected chi connectivity index (χ4v) is 1.33. The minimum atomic E-state index is -0.279. The van der Waals surface area contributed by atoms with Gasteiger partial charge in [-0.1, -0.05) is 12.1 Å². The highest BCUT2D eigenvalue weighted by Crippen LogP contribution is 2.18. The lowest BCUT2D eigenvalue weighted by Crippen LogP contribution is -1.84. The van der Waals surface area contributed by atoms with Crippen LogP contribution in [0.15, 0.2) is 28.2 Å². The van der Waals surface area contributed by atoms with Crippen LogP contribution in [0.3, 0.4) is 0 Å². The van der Waals surface area contributed by atoms with E-state index in [2.05, 4.69) is 15.9 Å². The molecule has 0 saturated carbocycles. The number of hydrogen-bond acceptors (Lipinski definition) is 1. The fraction of sp³-hybridized carbons (Fsp3) is 0.200. The highest BCUT2D eigenvalue weighted by Gasteiger charge is 1.98. The third-order valence-corrected chi connectivity index (χ3v) is 2.21. The first kappa shape index (κ1) is 10.4. The zero-order chi connectivity index (χ0) is 9.84. The summed E-state index contributed by atoms with van der Waals surface area (Å²) in [5.41, 5.74) is 1.72. The second-order valence-corrected chi connectivity index (χ2v) is 3.68. The molecule has 1 aromatic rings. The largest absolute Gasteiger partial charge is 0.392 e. The van der Waals surface area contributed by atoms with E-state index in [9.17, 15) is 4.39 Å². The summed E-state index contributed by atoms with van der Waals surface area (Å²) in [6, 6.07) is 4.73. The van der Waals surface area contributed by atoms with E-state index >= 15 is 0 Å². The lowest BCUT2D eigenvalue weighted by Gasteiger charge is -1.98. The summed E-state index contributed by atoms with van der Waals surface area (Å²) >= 11 is 3.09. The predicted octanol–water partition coefficient (Wildman–Crippen LogP) is 2.98. The third kappa shape index (κ3) is 2.94. The predicted molar refractivity (Wildman–Crippen MR) is 54.8 cm³/mol. The number of aliphatic hydroxyl groups excluding tert-OH is 1. The molecule has 0 aliphatic heterocycles. The van der Waals surface area contributed by atoms with E-state index in [0.29, 0.717) is 4.47 Å². The third-order valence-electron chi connectivity index (χ3n) is 1.61. The minimum Gasteiger partial charge on any atom is -0.392 e. The van der Waals surface area contributed by atoms with Crippen molar-refractivity contribution in [3.05, 3.63) is 39.6 Å². The fourth-order valence-electron chi connectivity index (χ4n) is 0.932. The summed E-state index contributed by atoms with van der Waals surface area (Å²) in [4.78, 5) is 0. The van der Waals surface area contributed by atoms with E-state index in [-0.39, 0.29) is 12.4 Å². The van der Waals surface area contributed by atoms with Gasteiger partial charge in [0, 0.05) is 0 Å². The lowest BCUT2D eigenvalue weighted by molar-refractivity contribution is 0.332. The van der Waals surface area contributed by atoms with Crippen molar-refractivity contribution < 1.29 is 9.50 Å². The summed E-state index contributed by atoms with van der Waals surface area (Å²) < 4.78 is 13.2. The molecule has 1 nitrogen and oxygen atoms in total. The minimum absolute atomic E-state index is 0.0228. The zero-order valence-electron chi connectivity index (χ0n) is 7.22. The first-order chi connectivity index (χ1) is 6.13. The average molecular weight is 245 g/mol. The maximum atomic E-state index is 12.8. The summed E-state index contributed by atoms with van der Waals surface area (Å²) in [7, 11) is 0. The topological polar surface area (TPSA) is 20.2 Å². The van der Waals surface area contributed by atoms with Crippen LogP contribution in [0.25, 0.3) is 6.08 Å². The van der Waals surface area contributed by atoms with Crippen LogP contribution in [-0.4, -0.2) is 11.7 Å². The van der Waals surface area contributed by atoms with Crippen molar-refractivity contribution in [2.45, 2.75) is 6.92 Å². The molecule has 1 aromatic carbocycles. The molecular formula is C10H10BrFO. The lowest BCUT2D eigenvalue weighted by atomic mass is 10.1. The standard InChI is InChI=1S/C10H10BrFO/c1-7(6-13)4-8-2-3-10(12)9(11)5-8/h2-5,13H,6H2,1H3/b7-4-. The van der Waals surface area contributed by atoms with Gasteiger partial charge in [-0.25, -0.2) is 4.39 Å². The Kier molecular flexibility index (Phi) is 3.63. The zero-order valence-corrected chi connectivity index (χ0v) is 8.81. The first-order valence-electron chi connectivity index (χ1n) is 3.86. The Morgan fingerprint density at radius 2 is 2.31 bits per heavy atom. The van der Waals surface area contributed by atoms with Crippen molar-refractivity contribution in [1.82, 2.24) is 0 Å². The van der Waals surface area contributed by atoms with Gasteiger partial charge in [-0.3, -0.25) is 0 Å². The molecule has 0 fully saturated rings. The van der Waals surface area contributed by atoms with Crippen LogP contribution in [0.5, 0.6) is 0 Å². The molecule has 0 unspecified atom stereocenters. The van der Waals surface area contributed by atoms with Gasteiger partial charge in [0.15, 0.2) is 0 Å². The Hall–Kier alpha value is -0.670. The van der Waals surface area contributed by atoms with E-state index in [1.807, 2.05) is 13.0 Å². The van der Waals surface area contributed by atoms with Crippen LogP contribution in [0.2, 0.25) is 0 Å². The summed E-state index contributed by atoms with van der Waals surface area (Å²) in [5, 5.41) is 8.77. The molecule has 0 aliphatic rings. The summed E-state index contributed by atoms with van der Waals surface area (Å²) in [5.74, 6) is -0.279. The molecule has 70 valence electrons. The number of hydrogen-bond donors (Lipinski definition) is 1. The van der Waals surface area contributed by atoms with E-state index < -0.39 is 0 Å². The van der Waals surface area contributed by atoms with E-state index in [1.165, 1.54) is 6.07 Å². The Bertz CT molecular complexity index is 334. The molecule has 0 amide bonds. The molecule has 0 radical (unpaired) electrons. The second kappa shape index (κ2) is 4.53. The Morgan fingerprint density at radius 3 is 2.85 bits per heavy atom. The molecule has 0 spiro atoms. The van der Waals surface area contributed by atoms with Gasteiger partial charge in [-0.15, -0.1) is 0 Å². The molecule has 1 N–H and O–H groups in total. The van der Waals surface area contributed by atoms with Crippen molar-refractivity contribution >= 4 is 22.0 Å². The number of aliphatic hydroxyl groups is 1. The maximum absolute atomic E-state index is 12.8. The van der Waals surface area contributed by atoms with Crippen LogP contribution in [0, 0.1) is 5.82 Å². The number of halogens is 2. The molecule has 3 heteroatoms. The smallest absolute Gasteiger partial charge is 0.137 e. The molecule has 13 heavy (non-hydrogen) atoms. The molecular weight excluding hydrogens is 235 g/mol. The van der Waals surface area contributed by atoms with Crippen LogP contribution in [0.1, 0.15) is 12.5 Å². The van der Waals surface area contributed by atoms with Crippen molar-refractivity contribution in [2.75, 3.05) is 6.61 Å². The van der Waals surface area contributed by atoms with E-state index in [0.717, 1.165) is 11.1 Å². The Balaban J connectivity index is 2.98. The monoisotopic (exact) mass is 244 g/mol. The van der Waals surface area contributed by atoms with Gasteiger partial charge in [0.05, 0.1) is 11.1 Å².